The second-order valence-corrected chi connectivity index (χ2v) is 6.77. The highest BCUT2D eigenvalue weighted by Gasteiger charge is 2.30. The Morgan fingerprint density at radius 1 is 1.15 bits per heavy atom. The first-order valence-electron chi connectivity index (χ1n) is 8.00. The Kier molecular flexibility index (Phi) is 5.23. The first kappa shape index (κ1) is 17.9. The van der Waals surface area contributed by atoms with Crippen LogP contribution in [-0.2, 0) is 9.53 Å². The minimum atomic E-state index is -0.393. The van der Waals surface area contributed by atoms with E-state index in [1.807, 2.05) is 37.3 Å². The lowest BCUT2D eigenvalue weighted by Crippen LogP contribution is -2.23. The summed E-state index contributed by atoms with van der Waals surface area (Å²) >= 11 is 1.34. The second-order valence-electron chi connectivity index (χ2n) is 5.76. The second kappa shape index (κ2) is 7.58. The number of benzene rings is 2. The van der Waals surface area contributed by atoms with Crippen LogP contribution in [0.15, 0.2) is 58.4 Å². The number of esters is 1. The molecule has 0 atom stereocenters. The van der Waals surface area contributed by atoms with Crippen LogP contribution in [0.2, 0.25) is 0 Å². The van der Waals surface area contributed by atoms with Crippen LogP contribution in [0.1, 0.15) is 21.5 Å². The van der Waals surface area contributed by atoms with Crippen LogP contribution in [-0.4, -0.2) is 36.1 Å². The van der Waals surface area contributed by atoms with Crippen LogP contribution in [0, 0.1) is 6.92 Å². The lowest BCUT2D eigenvalue weighted by Gasteiger charge is -2.07. The highest BCUT2D eigenvalue weighted by atomic mass is 32.2. The zero-order valence-corrected chi connectivity index (χ0v) is 15.5. The number of hydrogen-bond donors (Lipinski definition) is 0. The third kappa shape index (κ3) is 3.70. The van der Waals surface area contributed by atoms with E-state index >= 15 is 0 Å². The van der Waals surface area contributed by atoms with Crippen molar-refractivity contribution in [1.82, 2.24) is 4.90 Å². The number of methoxy groups -OCH3 is 1. The third-order valence-electron chi connectivity index (χ3n) is 3.99. The summed E-state index contributed by atoms with van der Waals surface area (Å²) in [5.74, 6) is -0.474. The molecule has 5 nitrogen and oxygen atoms in total. The van der Waals surface area contributed by atoms with Gasteiger partial charge in [0.05, 0.1) is 23.3 Å². The Morgan fingerprint density at radius 2 is 1.85 bits per heavy atom. The average molecular weight is 366 g/mol. The molecule has 1 aliphatic rings. The van der Waals surface area contributed by atoms with Gasteiger partial charge in [0.15, 0.2) is 5.17 Å². The number of ether oxygens (including phenoxy) is 1. The number of nitrogens with zero attached hydrogens (tertiary/aromatic N) is 2. The van der Waals surface area contributed by atoms with E-state index in [1.54, 1.807) is 31.3 Å². The summed E-state index contributed by atoms with van der Waals surface area (Å²) in [7, 11) is 3.05. The summed E-state index contributed by atoms with van der Waals surface area (Å²) < 4.78 is 4.68. The highest BCUT2D eigenvalue weighted by molar-refractivity contribution is 8.18. The molecule has 0 aliphatic carbocycles. The van der Waals surface area contributed by atoms with Gasteiger partial charge in [-0.1, -0.05) is 24.3 Å². The molecular formula is C20H18N2O3S. The van der Waals surface area contributed by atoms with E-state index in [-0.39, 0.29) is 5.91 Å². The highest BCUT2D eigenvalue weighted by Crippen LogP contribution is 2.33. The standard InChI is InChI=1S/C20H18N2O3S/c1-13-6-4-5-7-15(13)12-17-18(23)22(2)20(26-17)21-16-10-8-14(9-11-16)19(24)25-3/h4-12H,1-3H3/b17-12+,21-20?. The fourth-order valence-corrected chi connectivity index (χ4v) is 3.42. The maximum atomic E-state index is 12.5. The molecule has 1 heterocycles. The summed E-state index contributed by atoms with van der Waals surface area (Å²) in [4.78, 5) is 30.7. The number of carbonyl (C=O) groups excluding carboxylic acids is 2. The van der Waals surface area contributed by atoms with Gasteiger partial charge in [-0.2, -0.15) is 0 Å². The van der Waals surface area contributed by atoms with Gasteiger partial charge in [0.2, 0.25) is 0 Å². The van der Waals surface area contributed by atoms with Gasteiger partial charge in [-0.25, -0.2) is 9.79 Å². The summed E-state index contributed by atoms with van der Waals surface area (Å²) in [5.41, 5.74) is 3.25. The first-order valence-corrected chi connectivity index (χ1v) is 8.81. The van der Waals surface area contributed by atoms with E-state index in [0.29, 0.717) is 21.3 Å². The van der Waals surface area contributed by atoms with Gasteiger partial charge in [0.1, 0.15) is 0 Å². The molecule has 0 saturated carbocycles. The Bertz CT molecular complexity index is 917. The summed E-state index contributed by atoms with van der Waals surface area (Å²) in [6.45, 7) is 2.01. The van der Waals surface area contributed by atoms with Crippen molar-refractivity contribution >= 4 is 40.6 Å². The Labute approximate surface area is 156 Å². The molecular weight excluding hydrogens is 348 g/mol. The average Bonchev–Trinajstić information content (AvgIpc) is 2.91. The predicted molar refractivity (Wildman–Crippen MR) is 104 cm³/mol. The number of thioether (sulfide) groups is 1. The van der Waals surface area contributed by atoms with Crippen LogP contribution < -0.4 is 0 Å². The number of rotatable bonds is 3. The quantitative estimate of drug-likeness (QED) is 0.608. The Morgan fingerprint density at radius 3 is 2.50 bits per heavy atom. The van der Waals surface area contributed by atoms with Crippen molar-refractivity contribution in [3.63, 3.8) is 0 Å². The monoisotopic (exact) mass is 366 g/mol. The van der Waals surface area contributed by atoms with E-state index < -0.39 is 5.97 Å². The molecule has 0 bridgehead atoms. The van der Waals surface area contributed by atoms with E-state index in [0.717, 1.165) is 11.1 Å². The molecule has 0 aromatic heterocycles. The van der Waals surface area contributed by atoms with Crippen LogP contribution in [0.5, 0.6) is 0 Å². The molecule has 26 heavy (non-hydrogen) atoms. The number of aliphatic imine (C=N–C) groups is 1. The lowest BCUT2D eigenvalue weighted by atomic mass is 10.1. The lowest BCUT2D eigenvalue weighted by molar-refractivity contribution is -0.121. The zero-order valence-electron chi connectivity index (χ0n) is 14.7. The largest absolute Gasteiger partial charge is 0.465 e. The topological polar surface area (TPSA) is 59.0 Å². The minimum Gasteiger partial charge on any atom is -0.465 e. The summed E-state index contributed by atoms with van der Waals surface area (Å²) in [6.07, 6.45) is 1.89. The van der Waals surface area contributed by atoms with Gasteiger partial charge in [-0.05, 0) is 60.2 Å². The van der Waals surface area contributed by atoms with Gasteiger partial charge >= 0.3 is 5.97 Å². The molecule has 1 saturated heterocycles. The molecule has 2 aromatic rings. The van der Waals surface area contributed by atoms with Gasteiger partial charge in [-0.3, -0.25) is 9.69 Å². The molecule has 1 aliphatic heterocycles. The normalized spacial score (nSPS) is 17.2. The van der Waals surface area contributed by atoms with Crippen molar-refractivity contribution in [1.29, 1.82) is 0 Å². The maximum absolute atomic E-state index is 12.5. The van der Waals surface area contributed by atoms with Crippen molar-refractivity contribution in [3.8, 4) is 0 Å². The number of carbonyl (C=O) groups is 2. The van der Waals surface area contributed by atoms with Gasteiger partial charge in [0, 0.05) is 7.05 Å². The number of amidine groups is 1. The maximum Gasteiger partial charge on any atom is 0.337 e. The molecule has 3 rings (SSSR count). The fraction of sp³-hybridized carbons (Fsp3) is 0.150. The van der Waals surface area contributed by atoms with Gasteiger partial charge in [-0.15, -0.1) is 0 Å². The first-order chi connectivity index (χ1) is 12.5. The number of amides is 1. The fourth-order valence-electron chi connectivity index (χ4n) is 2.44. The van der Waals surface area contributed by atoms with Crippen LogP contribution >= 0.6 is 11.8 Å². The van der Waals surface area contributed by atoms with Crippen LogP contribution in [0.25, 0.3) is 6.08 Å². The van der Waals surface area contributed by atoms with Crippen molar-refractivity contribution in [2.75, 3.05) is 14.2 Å². The molecule has 0 spiro atoms. The zero-order chi connectivity index (χ0) is 18.7. The molecule has 0 unspecified atom stereocenters. The van der Waals surface area contributed by atoms with Crippen molar-refractivity contribution in [2.45, 2.75) is 6.92 Å². The van der Waals surface area contributed by atoms with E-state index in [9.17, 15) is 9.59 Å². The Hall–Kier alpha value is -2.86. The van der Waals surface area contributed by atoms with Crippen LogP contribution in [0.3, 0.4) is 0 Å². The van der Waals surface area contributed by atoms with E-state index in [2.05, 4.69) is 9.73 Å². The smallest absolute Gasteiger partial charge is 0.337 e. The Balaban J connectivity index is 1.85. The van der Waals surface area contributed by atoms with Crippen molar-refractivity contribution < 1.29 is 14.3 Å². The van der Waals surface area contributed by atoms with Crippen molar-refractivity contribution in [3.05, 3.63) is 70.1 Å². The molecule has 6 heteroatoms. The van der Waals surface area contributed by atoms with Crippen LogP contribution in [0.4, 0.5) is 5.69 Å². The van der Waals surface area contributed by atoms with E-state index in [4.69, 9.17) is 0 Å². The molecule has 2 aromatic carbocycles. The number of likely N-dealkylation sites (N-methyl/N-ethyl adjacent to an activating group) is 1. The van der Waals surface area contributed by atoms with E-state index in [1.165, 1.54) is 23.8 Å². The van der Waals surface area contributed by atoms with Gasteiger partial charge < -0.3 is 4.74 Å². The molecule has 0 N–H and O–H groups in total. The molecule has 0 radical (unpaired) electrons. The molecule has 1 amide bonds. The number of aryl methyl sites for hydroxylation is 1. The third-order valence-corrected chi connectivity index (χ3v) is 5.05. The SMILES string of the molecule is COC(=O)c1ccc(N=C2S/C(=C/c3ccccc3C)C(=O)N2C)cc1. The summed E-state index contributed by atoms with van der Waals surface area (Å²) in [6, 6.07) is 14.7. The summed E-state index contributed by atoms with van der Waals surface area (Å²) in [5, 5.41) is 0.598. The molecule has 132 valence electrons. The van der Waals surface area contributed by atoms with Crippen molar-refractivity contribution in [2.24, 2.45) is 4.99 Å². The van der Waals surface area contributed by atoms with Gasteiger partial charge in [0.25, 0.3) is 5.91 Å². The molecule has 1 fully saturated rings. The predicted octanol–water partition coefficient (Wildman–Crippen LogP) is 4.02. The number of hydrogen-bond acceptors (Lipinski definition) is 5. The minimum absolute atomic E-state index is 0.0804.